The van der Waals surface area contributed by atoms with E-state index in [1.54, 1.807) is 23.9 Å². The predicted molar refractivity (Wildman–Crippen MR) is 92.9 cm³/mol. The van der Waals surface area contributed by atoms with E-state index in [2.05, 4.69) is 16.5 Å². The molecule has 1 aromatic rings. The lowest BCUT2D eigenvalue weighted by Crippen LogP contribution is -2.36. The molecule has 0 radical (unpaired) electrons. The molecule has 1 atom stereocenters. The van der Waals surface area contributed by atoms with Gasteiger partial charge < -0.3 is 4.90 Å². The molecule has 0 amide bonds. The molecule has 0 spiro atoms. The summed E-state index contributed by atoms with van der Waals surface area (Å²) >= 11 is 1.60. The lowest BCUT2D eigenvalue weighted by molar-refractivity contribution is 0.182. The SMILES string of the molecule is CSc1ccc(S(=O)(=O)NCCCN2CCC[C@@H](C)C2)cc1. The first kappa shape index (κ1) is 17.8. The van der Waals surface area contributed by atoms with E-state index >= 15 is 0 Å². The molecule has 0 saturated carbocycles. The second-order valence-electron chi connectivity index (χ2n) is 5.97. The molecule has 1 heterocycles. The number of hydrogen-bond donors (Lipinski definition) is 1. The average Bonchev–Trinajstić information content (AvgIpc) is 2.52. The molecule has 1 N–H and O–H groups in total. The first-order valence-corrected chi connectivity index (χ1v) is 10.6. The summed E-state index contributed by atoms with van der Waals surface area (Å²) in [6.45, 7) is 6.04. The Morgan fingerprint density at radius 2 is 2.05 bits per heavy atom. The first-order valence-electron chi connectivity index (χ1n) is 7.87. The number of benzene rings is 1. The summed E-state index contributed by atoms with van der Waals surface area (Å²) in [6, 6.07) is 7.02. The Kier molecular flexibility index (Phi) is 6.74. The van der Waals surface area contributed by atoms with Gasteiger partial charge in [-0.3, -0.25) is 0 Å². The zero-order chi connectivity index (χ0) is 16.0. The molecule has 0 unspecified atom stereocenters. The molecule has 0 bridgehead atoms. The Morgan fingerprint density at radius 1 is 1.32 bits per heavy atom. The quantitative estimate of drug-likeness (QED) is 0.611. The molecule has 0 aliphatic carbocycles. The first-order chi connectivity index (χ1) is 10.5. The summed E-state index contributed by atoms with van der Waals surface area (Å²) in [7, 11) is -3.38. The Balaban J connectivity index is 1.77. The van der Waals surface area contributed by atoms with Crippen molar-refractivity contribution in [2.24, 2.45) is 5.92 Å². The molecule has 4 nitrogen and oxygen atoms in total. The van der Waals surface area contributed by atoms with Crippen LogP contribution < -0.4 is 4.72 Å². The van der Waals surface area contributed by atoms with Gasteiger partial charge in [-0.1, -0.05) is 6.92 Å². The number of rotatable bonds is 7. The van der Waals surface area contributed by atoms with Gasteiger partial charge in [-0.2, -0.15) is 0 Å². The molecule has 1 saturated heterocycles. The molecule has 1 fully saturated rings. The van der Waals surface area contributed by atoms with Crippen molar-refractivity contribution in [1.82, 2.24) is 9.62 Å². The third kappa shape index (κ3) is 5.26. The van der Waals surface area contributed by atoms with Crippen LogP contribution in [0.5, 0.6) is 0 Å². The Labute approximate surface area is 138 Å². The smallest absolute Gasteiger partial charge is 0.240 e. The molecule has 0 aromatic heterocycles. The van der Waals surface area contributed by atoms with Crippen LogP contribution in [0.2, 0.25) is 0 Å². The minimum atomic E-state index is -3.38. The molecule has 6 heteroatoms. The van der Waals surface area contributed by atoms with Gasteiger partial charge in [-0.25, -0.2) is 13.1 Å². The van der Waals surface area contributed by atoms with Crippen molar-refractivity contribution in [3.63, 3.8) is 0 Å². The molecule has 1 aliphatic heterocycles. The van der Waals surface area contributed by atoms with Crippen molar-refractivity contribution in [3.8, 4) is 0 Å². The highest BCUT2D eigenvalue weighted by Crippen LogP contribution is 2.18. The maximum atomic E-state index is 12.2. The van der Waals surface area contributed by atoms with E-state index in [0.717, 1.165) is 36.9 Å². The highest BCUT2D eigenvalue weighted by molar-refractivity contribution is 7.98. The number of nitrogens with one attached hydrogen (secondary N) is 1. The van der Waals surface area contributed by atoms with E-state index in [9.17, 15) is 8.42 Å². The van der Waals surface area contributed by atoms with Crippen molar-refractivity contribution in [3.05, 3.63) is 24.3 Å². The second-order valence-corrected chi connectivity index (χ2v) is 8.62. The van der Waals surface area contributed by atoms with Gasteiger partial charge >= 0.3 is 0 Å². The van der Waals surface area contributed by atoms with Gasteiger partial charge in [-0.15, -0.1) is 11.8 Å². The van der Waals surface area contributed by atoms with E-state index in [1.165, 1.54) is 12.8 Å². The van der Waals surface area contributed by atoms with E-state index in [0.29, 0.717) is 11.4 Å². The van der Waals surface area contributed by atoms with Crippen LogP contribution in [0.4, 0.5) is 0 Å². The van der Waals surface area contributed by atoms with Crippen molar-refractivity contribution in [2.45, 2.75) is 36.0 Å². The van der Waals surface area contributed by atoms with Crippen LogP contribution in [0, 0.1) is 5.92 Å². The molecule has 1 aromatic carbocycles. The number of likely N-dealkylation sites (tertiary alicyclic amines) is 1. The van der Waals surface area contributed by atoms with E-state index < -0.39 is 10.0 Å². The average molecular weight is 343 g/mol. The highest BCUT2D eigenvalue weighted by Gasteiger charge is 2.16. The number of sulfonamides is 1. The normalized spacial score (nSPS) is 20.2. The molecular formula is C16H26N2O2S2. The second kappa shape index (κ2) is 8.34. The molecule has 22 heavy (non-hydrogen) atoms. The van der Waals surface area contributed by atoms with Crippen LogP contribution in [0.3, 0.4) is 0 Å². The highest BCUT2D eigenvalue weighted by atomic mass is 32.2. The Bertz CT molecular complexity index is 558. The topological polar surface area (TPSA) is 49.4 Å². The van der Waals surface area contributed by atoms with Crippen LogP contribution >= 0.6 is 11.8 Å². The fourth-order valence-corrected chi connectivity index (χ4v) is 4.32. The van der Waals surface area contributed by atoms with E-state index in [1.807, 2.05) is 18.4 Å². The van der Waals surface area contributed by atoms with Crippen LogP contribution in [0.15, 0.2) is 34.1 Å². The van der Waals surface area contributed by atoms with Crippen LogP contribution in [0.1, 0.15) is 26.2 Å². The monoisotopic (exact) mass is 342 g/mol. The Hall–Kier alpha value is -0.560. The summed E-state index contributed by atoms with van der Waals surface area (Å²) in [6.07, 6.45) is 5.40. The number of nitrogens with zero attached hydrogens (tertiary/aromatic N) is 1. The number of thioether (sulfide) groups is 1. The van der Waals surface area contributed by atoms with Gasteiger partial charge in [0, 0.05) is 18.0 Å². The van der Waals surface area contributed by atoms with Gasteiger partial charge in [0.1, 0.15) is 0 Å². The van der Waals surface area contributed by atoms with Gasteiger partial charge in [-0.05, 0) is 68.8 Å². The van der Waals surface area contributed by atoms with E-state index in [4.69, 9.17) is 0 Å². The summed E-state index contributed by atoms with van der Waals surface area (Å²) in [5, 5.41) is 0. The standard InChI is InChI=1S/C16H26N2O2S2/c1-14-5-3-11-18(13-14)12-4-10-17-22(19,20)16-8-6-15(21-2)7-9-16/h6-9,14,17H,3-5,10-13H2,1-2H3/t14-/m1/s1. The van der Waals surface area contributed by atoms with Crippen molar-refractivity contribution in [1.29, 1.82) is 0 Å². The minimum absolute atomic E-state index is 0.344. The summed E-state index contributed by atoms with van der Waals surface area (Å²) in [5.74, 6) is 0.764. The van der Waals surface area contributed by atoms with E-state index in [-0.39, 0.29) is 0 Å². The molecule has 2 rings (SSSR count). The zero-order valence-corrected chi connectivity index (χ0v) is 15.0. The van der Waals surface area contributed by atoms with Crippen LogP contribution in [0.25, 0.3) is 0 Å². The van der Waals surface area contributed by atoms with Crippen LogP contribution in [-0.4, -0.2) is 45.8 Å². The maximum absolute atomic E-state index is 12.2. The molecule has 124 valence electrons. The maximum Gasteiger partial charge on any atom is 0.240 e. The largest absolute Gasteiger partial charge is 0.303 e. The van der Waals surface area contributed by atoms with Crippen molar-refractivity contribution < 1.29 is 8.42 Å². The van der Waals surface area contributed by atoms with Gasteiger partial charge in [0.25, 0.3) is 0 Å². The third-order valence-corrected chi connectivity index (χ3v) is 6.27. The lowest BCUT2D eigenvalue weighted by atomic mass is 10.0. The molecule has 1 aliphatic rings. The fourth-order valence-electron chi connectivity index (χ4n) is 2.84. The Morgan fingerprint density at radius 3 is 2.68 bits per heavy atom. The van der Waals surface area contributed by atoms with Crippen molar-refractivity contribution >= 4 is 21.8 Å². The van der Waals surface area contributed by atoms with Gasteiger partial charge in [0.05, 0.1) is 4.90 Å². The minimum Gasteiger partial charge on any atom is -0.303 e. The van der Waals surface area contributed by atoms with Gasteiger partial charge in [0.15, 0.2) is 0 Å². The lowest BCUT2D eigenvalue weighted by Gasteiger charge is -2.30. The number of piperidine rings is 1. The third-order valence-electron chi connectivity index (χ3n) is 4.05. The number of hydrogen-bond acceptors (Lipinski definition) is 4. The summed E-state index contributed by atoms with van der Waals surface area (Å²) < 4.78 is 27.1. The van der Waals surface area contributed by atoms with Gasteiger partial charge in [0.2, 0.25) is 10.0 Å². The molecular weight excluding hydrogens is 316 g/mol. The zero-order valence-electron chi connectivity index (χ0n) is 13.4. The van der Waals surface area contributed by atoms with Crippen molar-refractivity contribution in [2.75, 3.05) is 32.4 Å². The summed E-state index contributed by atoms with van der Waals surface area (Å²) in [5.41, 5.74) is 0. The fraction of sp³-hybridized carbons (Fsp3) is 0.625. The summed E-state index contributed by atoms with van der Waals surface area (Å²) in [4.78, 5) is 3.85. The predicted octanol–water partition coefficient (Wildman–Crippen LogP) is 2.81. The van der Waals surface area contributed by atoms with Crippen LogP contribution in [-0.2, 0) is 10.0 Å².